The first kappa shape index (κ1) is 14.4. The molecule has 2 nitrogen and oxygen atoms in total. The van der Waals surface area contributed by atoms with Crippen molar-refractivity contribution < 1.29 is 30.2 Å². The molecule has 3 heteroatoms. The Hall–Kier alpha value is -6.42. The van der Waals surface area contributed by atoms with Crippen molar-refractivity contribution in [2.24, 2.45) is 0 Å². The van der Waals surface area contributed by atoms with Gasteiger partial charge in [-0.25, -0.2) is 4.98 Å². The SMILES string of the molecule is [2H]c1nc2c(c([2H])c1[2H])c([2H])c([2H])c1c([2H])c([2H])c(-c3ccc(-c4c([2H])c([2H])c([2H])c(-c5sc(-c6c([2H])c([2H])c7c([2H])c([2H])c8c([2H])c([2H])c([2H])c9c([2H])c([2H])c6c7c89)c([2H])c5[2H])c4[2H])c4ccccc34)nc12. The van der Waals surface area contributed by atoms with Crippen LogP contribution in [0.25, 0.3) is 108 Å². The van der Waals surface area contributed by atoms with Crippen molar-refractivity contribution in [3.05, 3.63) is 169 Å². The molecule has 0 saturated carbocycles. The lowest BCUT2D eigenvalue weighted by Crippen LogP contribution is -1.91. The molecule has 0 radical (unpaired) electrons. The molecule has 0 N–H and O–H groups in total. The second-order valence-corrected chi connectivity index (χ2v) is 12.6. The lowest BCUT2D eigenvalue weighted by Gasteiger charge is -2.13. The van der Waals surface area contributed by atoms with Crippen molar-refractivity contribution in [3.8, 4) is 43.3 Å². The van der Waals surface area contributed by atoms with Crippen LogP contribution >= 0.6 is 11.3 Å². The molecule has 11 rings (SSSR count). The van der Waals surface area contributed by atoms with Gasteiger partial charge in [0.1, 0.15) is 0 Å². The van der Waals surface area contributed by atoms with E-state index in [0.29, 0.717) is 22.1 Å². The van der Waals surface area contributed by atoms with E-state index in [1.807, 2.05) is 0 Å². The van der Waals surface area contributed by atoms with E-state index >= 15 is 0 Å². The van der Waals surface area contributed by atoms with Gasteiger partial charge in [-0.2, -0.15) is 0 Å². The first-order chi connectivity index (χ1) is 34.5. The highest BCUT2D eigenvalue weighted by atomic mass is 32.1. The number of nitrogens with zero attached hydrogens (tertiary/aromatic N) is 2. The van der Waals surface area contributed by atoms with Gasteiger partial charge in [-0.05, 0) is 95.6 Å². The Balaban J connectivity index is 1.15. The van der Waals surface area contributed by atoms with Crippen molar-refractivity contribution in [2.75, 3.05) is 0 Å². The monoisotopic (exact) mass is 686 g/mol. The summed E-state index contributed by atoms with van der Waals surface area (Å²) in [6.45, 7) is 0. The van der Waals surface area contributed by atoms with E-state index in [4.69, 9.17) is 21.9 Å². The zero-order valence-corrected chi connectivity index (χ0v) is 26.6. The molecule has 0 aliphatic carbocycles. The van der Waals surface area contributed by atoms with Gasteiger partial charge in [0.05, 0.1) is 46.9 Å². The summed E-state index contributed by atoms with van der Waals surface area (Å²) in [5.41, 5.74) is -0.857. The van der Waals surface area contributed by atoms with E-state index in [1.165, 1.54) is 12.1 Å². The van der Waals surface area contributed by atoms with Crippen molar-refractivity contribution in [3.63, 3.8) is 0 Å². The maximum atomic E-state index is 9.68. The fraction of sp³-hybridized carbons (Fsp3) is 0. The van der Waals surface area contributed by atoms with E-state index in [1.54, 1.807) is 24.3 Å². The molecule has 0 amide bonds. The highest BCUT2D eigenvalue weighted by molar-refractivity contribution is 7.19. The zero-order chi connectivity index (χ0) is 52.6. The molecule has 8 aromatic carbocycles. The summed E-state index contributed by atoms with van der Waals surface area (Å²) in [6, 6.07) is -2.64. The summed E-state index contributed by atoms with van der Waals surface area (Å²) >= 11 is 0.629. The Kier molecular flexibility index (Phi) is 3.13. The predicted octanol–water partition coefficient (Wildman–Crippen LogP) is 13.6. The molecule has 0 atom stereocenters. The van der Waals surface area contributed by atoms with E-state index < -0.39 is 133 Å². The normalized spacial score (nSPS) is 18.0. The zero-order valence-electron chi connectivity index (χ0n) is 47.8. The third-order valence-corrected chi connectivity index (χ3v) is 9.81. The minimum atomic E-state index is -0.666. The Morgan fingerprint density at radius 1 is 0.451 bits per heavy atom. The molecule has 11 aromatic rings. The van der Waals surface area contributed by atoms with Gasteiger partial charge >= 0.3 is 0 Å². The number of hydrogen-bond donors (Lipinski definition) is 0. The summed E-state index contributed by atoms with van der Waals surface area (Å²) in [5, 5.41) is -1.08. The van der Waals surface area contributed by atoms with Crippen molar-refractivity contribution >= 4 is 76.2 Å². The lowest BCUT2D eigenvalue weighted by atomic mass is 9.91. The van der Waals surface area contributed by atoms with Crippen LogP contribution in [-0.4, -0.2) is 9.97 Å². The molecular formula is C48H28N2S. The smallest absolute Gasteiger partial charge is 0.0972 e. The Morgan fingerprint density at radius 2 is 1.10 bits per heavy atom. The fourth-order valence-electron chi connectivity index (χ4n) is 6.48. The van der Waals surface area contributed by atoms with Gasteiger partial charge in [-0.1, -0.05) is 133 Å². The van der Waals surface area contributed by atoms with Crippen LogP contribution in [0.3, 0.4) is 0 Å². The quantitative estimate of drug-likeness (QED) is 0.172. The highest BCUT2D eigenvalue weighted by Crippen LogP contribution is 2.43. The van der Waals surface area contributed by atoms with Crippen LogP contribution in [0.5, 0.6) is 0 Å². The van der Waals surface area contributed by atoms with Crippen LogP contribution in [0, 0.1) is 0 Å². The van der Waals surface area contributed by atoms with Crippen molar-refractivity contribution in [2.45, 2.75) is 0 Å². The van der Waals surface area contributed by atoms with Crippen LogP contribution in [0.1, 0.15) is 30.2 Å². The van der Waals surface area contributed by atoms with Gasteiger partial charge < -0.3 is 0 Å². The molecule has 0 aliphatic rings. The lowest BCUT2D eigenvalue weighted by molar-refractivity contribution is 1.37. The molecule has 3 aromatic heterocycles. The summed E-state index contributed by atoms with van der Waals surface area (Å²) in [6.07, 6.45) is -0.597. The molecule has 0 unspecified atom stereocenters. The number of fused-ring (bicyclic) bond motifs is 4. The van der Waals surface area contributed by atoms with E-state index in [0.717, 1.165) is 0 Å². The maximum absolute atomic E-state index is 9.68. The van der Waals surface area contributed by atoms with Crippen LogP contribution in [-0.2, 0) is 0 Å². The van der Waals surface area contributed by atoms with E-state index in [2.05, 4.69) is 9.97 Å². The maximum Gasteiger partial charge on any atom is 0.0972 e. The second-order valence-electron chi connectivity index (χ2n) is 11.6. The molecule has 0 bridgehead atoms. The number of aromatic nitrogens is 2. The molecule has 3 heterocycles. The number of pyridine rings is 2. The van der Waals surface area contributed by atoms with Gasteiger partial charge in [0.15, 0.2) is 0 Å². The topological polar surface area (TPSA) is 25.8 Å². The van der Waals surface area contributed by atoms with Gasteiger partial charge in [0, 0.05) is 32.3 Å². The molecule has 0 fully saturated rings. The first-order valence-corrected chi connectivity index (χ1v) is 16.4. The van der Waals surface area contributed by atoms with E-state index in [9.17, 15) is 8.22 Å². The van der Waals surface area contributed by atoms with E-state index in [-0.39, 0.29) is 97.4 Å². The average molecular weight is 687 g/mol. The van der Waals surface area contributed by atoms with Crippen LogP contribution in [0.2, 0.25) is 0 Å². The van der Waals surface area contributed by atoms with Crippen LogP contribution in [0.15, 0.2) is 169 Å². The van der Waals surface area contributed by atoms with Crippen molar-refractivity contribution in [1.82, 2.24) is 9.97 Å². The Labute approximate surface area is 329 Å². The summed E-state index contributed by atoms with van der Waals surface area (Å²) in [5.74, 6) is 0. The molecular weight excluding hydrogens is 637 g/mol. The van der Waals surface area contributed by atoms with Crippen molar-refractivity contribution in [1.29, 1.82) is 0 Å². The summed E-state index contributed by atoms with van der Waals surface area (Å²) in [4.78, 5) is 8.36. The standard InChI is InChI=1S/C48H28N2S/c1-2-12-38-37(11-1)36(22-23-39(38)42-24-19-33-16-15-32-10-5-27-49-47(32)48(33)50-42)34-8-4-9-35(28-34)43-25-26-44(51-43)40-20-17-31-14-13-29-6-3-7-30-18-21-41(40)46(31)45(29)30/h1-28H/i3D,4D,5D,6D,7D,8D,9D,10D,13D,14D,15D,16D,17D,18D,19D,20D,21D,24D,25D,26D,27D,28D. The summed E-state index contributed by atoms with van der Waals surface area (Å²) < 4.78 is 196. The number of thiophene rings is 1. The molecule has 0 saturated heterocycles. The highest BCUT2D eigenvalue weighted by Gasteiger charge is 2.16. The minimum Gasteiger partial charge on any atom is -0.254 e. The largest absolute Gasteiger partial charge is 0.254 e. The average Bonchev–Trinajstić information content (AvgIpc) is 3.64. The summed E-state index contributed by atoms with van der Waals surface area (Å²) in [7, 11) is 0. The number of rotatable bonds is 4. The number of hydrogen-bond acceptors (Lipinski definition) is 3. The number of benzene rings is 8. The molecule has 0 aliphatic heterocycles. The van der Waals surface area contributed by atoms with Gasteiger partial charge in [-0.3, -0.25) is 4.98 Å². The molecule has 236 valence electrons. The van der Waals surface area contributed by atoms with Crippen LogP contribution in [0.4, 0.5) is 0 Å². The molecule has 0 spiro atoms. The second kappa shape index (κ2) is 11.0. The molecule has 51 heavy (non-hydrogen) atoms. The van der Waals surface area contributed by atoms with Gasteiger partial charge in [0.2, 0.25) is 0 Å². The Morgan fingerprint density at radius 3 is 1.98 bits per heavy atom. The van der Waals surface area contributed by atoms with Crippen LogP contribution < -0.4 is 0 Å². The first-order valence-electron chi connectivity index (χ1n) is 26.5. The third kappa shape index (κ3) is 4.42. The van der Waals surface area contributed by atoms with Gasteiger partial charge in [-0.15, -0.1) is 11.3 Å². The predicted molar refractivity (Wildman–Crippen MR) is 218 cm³/mol. The minimum absolute atomic E-state index is 0.104. The van der Waals surface area contributed by atoms with Gasteiger partial charge in [0.25, 0.3) is 0 Å². The Bertz CT molecular complexity index is 4390. The third-order valence-electron chi connectivity index (χ3n) is 8.78. The fourth-order valence-corrected chi connectivity index (χ4v) is 7.35.